The maximum absolute atomic E-state index is 14.0. The summed E-state index contributed by atoms with van der Waals surface area (Å²) in [6.07, 6.45) is 4.09. The highest BCUT2D eigenvalue weighted by Crippen LogP contribution is 2.57. The van der Waals surface area contributed by atoms with E-state index in [4.69, 9.17) is 9.47 Å². The number of fused-ring (bicyclic) bond motifs is 2. The first-order valence-corrected chi connectivity index (χ1v) is 9.09. The normalized spacial score (nSPS) is 17.3. The Morgan fingerprint density at radius 2 is 2.00 bits per heavy atom. The number of alkyl halides is 2. The van der Waals surface area contributed by atoms with Gasteiger partial charge in [0.25, 0.3) is 5.92 Å². The molecule has 0 atom stereocenters. The zero-order valence-corrected chi connectivity index (χ0v) is 15.8. The van der Waals surface area contributed by atoms with Crippen molar-refractivity contribution < 1.29 is 18.3 Å². The minimum Gasteiger partial charge on any atom is -0.491 e. The Labute approximate surface area is 157 Å². The molecule has 0 amide bonds. The lowest BCUT2D eigenvalue weighted by atomic mass is 10.0. The predicted molar refractivity (Wildman–Crippen MR) is 98.1 cm³/mol. The number of rotatable bonds is 6. The van der Waals surface area contributed by atoms with Crippen LogP contribution < -0.4 is 9.64 Å². The molecule has 1 aliphatic heterocycles. The Morgan fingerprint density at radius 1 is 1.22 bits per heavy atom. The Balaban J connectivity index is 1.75. The SMILES string of the molecule is COCCOc1cc(N2CC3(CC3)c3cnc(C)cc32)nc(C(C)(F)F)c1. The fourth-order valence-electron chi connectivity index (χ4n) is 3.61. The van der Waals surface area contributed by atoms with Gasteiger partial charge in [-0.15, -0.1) is 0 Å². The van der Waals surface area contributed by atoms with E-state index < -0.39 is 5.92 Å². The maximum atomic E-state index is 14.0. The van der Waals surface area contributed by atoms with Gasteiger partial charge in [0.2, 0.25) is 0 Å². The summed E-state index contributed by atoms with van der Waals surface area (Å²) in [5.41, 5.74) is 2.87. The lowest BCUT2D eigenvalue weighted by Crippen LogP contribution is -2.22. The van der Waals surface area contributed by atoms with E-state index in [1.165, 1.54) is 11.6 Å². The molecule has 3 heterocycles. The van der Waals surface area contributed by atoms with Crippen LogP contribution in [0.5, 0.6) is 5.75 Å². The van der Waals surface area contributed by atoms with E-state index in [1.807, 2.05) is 24.1 Å². The summed E-state index contributed by atoms with van der Waals surface area (Å²) >= 11 is 0. The second-order valence-electron chi connectivity index (χ2n) is 7.49. The van der Waals surface area contributed by atoms with Gasteiger partial charge in [-0.3, -0.25) is 4.98 Å². The molecule has 2 aliphatic rings. The first-order chi connectivity index (χ1) is 12.8. The fraction of sp³-hybridized carbons (Fsp3) is 0.500. The van der Waals surface area contributed by atoms with Crippen molar-refractivity contribution >= 4 is 11.5 Å². The van der Waals surface area contributed by atoms with Crippen molar-refractivity contribution in [1.82, 2.24) is 9.97 Å². The smallest absolute Gasteiger partial charge is 0.287 e. The quantitative estimate of drug-likeness (QED) is 0.712. The molecule has 0 aromatic carbocycles. The van der Waals surface area contributed by atoms with E-state index in [0.29, 0.717) is 18.2 Å². The maximum Gasteiger partial charge on any atom is 0.287 e. The van der Waals surface area contributed by atoms with Gasteiger partial charge in [-0.05, 0) is 25.8 Å². The van der Waals surface area contributed by atoms with E-state index in [0.717, 1.165) is 37.7 Å². The van der Waals surface area contributed by atoms with E-state index in [9.17, 15) is 8.78 Å². The van der Waals surface area contributed by atoms with Gasteiger partial charge in [0.05, 0.1) is 6.61 Å². The molecular weight excluding hydrogens is 352 g/mol. The zero-order valence-electron chi connectivity index (χ0n) is 15.8. The van der Waals surface area contributed by atoms with Crippen LogP contribution in [-0.2, 0) is 16.1 Å². The molecule has 2 aromatic heterocycles. The number of ether oxygens (including phenoxy) is 2. The first kappa shape index (κ1) is 18.1. The van der Waals surface area contributed by atoms with Gasteiger partial charge in [0.1, 0.15) is 23.9 Å². The van der Waals surface area contributed by atoms with Crippen molar-refractivity contribution in [1.29, 1.82) is 0 Å². The number of hydrogen-bond acceptors (Lipinski definition) is 5. The topological polar surface area (TPSA) is 47.5 Å². The number of methoxy groups -OCH3 is 1. The molecular formula is C20H23F2N3O2. The van der Waals surface area contributed by atoms with Crippen LogP contribution in [0.15, 0.2) is 24.4 Å². The molecule has 144 valence electrons. The van der Waals surface area contributed by atoms with Crippen LogP contribution in [0.25, 0.3) is 0 Å². The van der Waals surface area contributed by atoms with Crippen molar-refractivity contribution in [3.63, 3.8) is 0 Å². The molecule has 0 N–H and O–H groups in total. The van der Waals surface area contributed by atoms with Crippen LogP contribution >= 0.6 is 0 Å². The van der Waals surface area contributed by atoms with Gasteiger partial charge in [0.15, 0.2) is 0 Å². The van der Waals surface area contributed by atoms with Gasteiger partial charge in [0, 0.05) is 61.3 Å². The van der Waals surface area contributed by atoms with Gasteiger partial charge >= 0.3 is 0 Å². The number of nitrogens with zero attached hydrogens (tertiary/aromatic N) is 3. The fourth-order valence-corrected chi connectivity index (χ4v) is 3.61. The standard InChI is InChI=1S/C20H23F2N3O2/c1-13-8-16-15(11-23-13)20(4-5-20)12-25(16)18-10-14(27-7-6-26-3)9-17(24-18)19(2,21)22/h8-11H,4-7,12H2,1-3H3. The molecule has 2 aromatic rings. The minimum atomic E-state index is -3.05. The summed E-state index contributed by atoms with van der Waals surface area (Å²) in [6.45, 7) is 4.19. The second kappa shape index (κ2) is 6.41. The summed E-state index contributed by atoms with van der Waals surface area (Å²) in [6, 6.07) is 5.04. The van der Waals surface area contributed by atoms with Gasteiger partial charge in [-0.25, -0.2) is 4.98 Å². The number of aromatic nitrogens is 2. The molecule has 0 radical (unpaired) electrons. The van der Waals surface area contributed by atoms with Crippen molar-refractivity contribution in [3.05, 3.63) is 41.3 Å². The van der Waals surface area contributed by atoms with Crippen LogP contribution in [0, 0.1) is 6.92 Å². The molecule has 1 fully saturated rings. The third-order valence-corrected chi connectivity index (χ3v) is 5.26. The predicted octanol–water partition coefficient (Wildman–Crippen LogP) is 4.11. The van der Waals surface area contributed by atoms with Crippen molar-refractivity contribution in [3.8, 4) is 5.75 Å². The summed E-state index contributed by atoms with van der Waals surface area (Å²) < 4.78 is 38.7. The third kappa shape index (κ3) is 3.36. The zero-order chi connectivity index (χ0) is 19.2. The molecule has 0 saturated heterocycles. The molecule has 0 bridgehead atoms. The Morgan fingerprint density at radius 3 is 2.67 bits per heavy atom. The number of halogens is 2. The minimum absolute atomic E-state index is 0.0829. The lowest BCUT2D eigenvalue weighted by Gasteiger charge is -2.22. The Kier molecular flexibility index (Phi) is 4.29. The Bertz CT molecular complexity index is 863. The van der Waals surface area contributed by atoms with E-state index >= 15 is 0 Å². The highest BCUT2D eigenvalue weighted by Gasteiger charge is 2.52. The molecule has 5 nitrogen and oxygen atoms in total. The Hall–Kier alpha value is -2.28. The van der Waals surface area contributed by atoms with Crippen molar-refractivity contribution in [2.75, 3.05) is 31.8 Å². The second-order valence-corrected chi connectivity index (χ2v) is 7.49. The van der Waals surface area contributed by atoms with Crippen LogP contribution in [0.4, 0.5) is 20.3 Å². The number of pyridine rings is 2. The van der Waals surface area contributed by atoms with E-state index in [-0.39, 0.29) is 17.7 Å². The number of aryl methyl sites for hydroxylation is 1. The summed E-state index contributed by atoms with van der Waals surface area (Å²) in [5, 5.41) is 0. The van der Waals surface area contributed by atoms with Crippen LogP contribution in [0.1, 0.15) is 36.7 Å². The van der Waals surface area contributed by atoms with E-state index in [1.54, 1.807) is 13.2 Å². The average molecular weight is 375 g/mol. The molecule has 7 heteroatoms. The molecule has 1 aliphatic carbocycles. The van der Waals surface area contributed by atoms with Gasteiger partial charge in [-0.2, -0.15) is 8.78 Å². The van der Waals surface area contributed by atoms with Crippen LogP contribution in [0.2, 0.25) is 0 Å². The first-order valence-electron chi connectivity index (χ1n) is 9.09. The molecule has 1 saturated carbocycles. The average Bonchev–Trinajstić information content (AvgIpc) is 3.32. The highest BCUT2D eigenvalue weighted by molar-refractivity contribution is 5.73. The summed E-state index contributed by atoms with van der Waals surface area (Å²) in [4.78, 5) is 10.7. The third-order valence-electron chi connectivity index (χ3n) is 5.26. The van der Waals surface area contributed by atoms with Gasteiger partial charge in [-0.1, -0.05) is 0 Å². The monoisotopic (exact) mass is 375 g/mol. The highest BCUT2D eigenvalue weighted by atomic mass is 19.3. The lowest BCUT2D eigenvalue weighted by molar-refractivity contribution is 0.0125. The number of hydrogen-bond donors (Lipinski definition) is 0. The largest absolute Gasteiger partial charge is 0.491 e. The molecule has 1 spiro atoms. The number of anilines is 2. The summed E-state index contributed by atoms with van der Waals surface area (Å²) in [7, 11) is 1.57. The van der Waals surface area contributed by atoms with Crippen LogP contribution in [0.3, 0.4) is 0 Å². The molecule has 0 unspecified atom stereocenters. The molecule has 4 rings (SSSR count). The van der Waals surface area contributed by atoms with Gasteiger partial charge < -0.3 is 14.4 Å². The summed E-state index contributed by atoms with van der Waals surface area (Å²) in [5.74, 6) is -2.20. The van der Waals surface area contributed by atoms with Crippen LogP contribution in [-0.4, -0.2) is 36.8 Å². The van der Waals surface area contributed by atoms with Crippen molar-refractivity contribution in [2.24, 2.45) is 0 Å². The van der Waals surface area contributed by atoms with Crippen molar-refractivity contribution in [2.45, 2.75) is 38.0 Å². The van der Waals surface area contributed by atoms with E-state index in [2.05, 4.69) is 9.97 Å². The molecule has 27 heavy (non-hydrogen) atoms.